The molecule has 1 saturated heterocycles. The molecule has 1 unspecified atom stereocenters. The third kappa shape index (κ3) is 3.08. The van der Waals surface area contributed by atoms with Crippen molar-refractivity contribution in [2.45, 2.75) is 43.8 Å². The Morgan fingerprint density at radius 3 is 2.00 bits per heavy atom. The fourth-order valence-corrected chi connectivity index (χ4v) is 3.55. The molecule has 0 aliphatic carbocycles. The number of benzene rings is 2. The van der Waals surface area contributed by atoms with Crippen LogP contribution in [0.25, 0.3) is 11.1 Å². The molecule has 24 heavy (non-hydrogen) atoms. The van der Waals surface area contributed by atoms with Crippen molar-refractivity contribution < 1.29 is 13.5 Å². The predicted octanol–water partition coefficient (Wildman–Crippen LogP) is 3.39. The lowest BCUT2D eigenvalue weighted by atomic mass is 9.78. The minimum atomic E-state index is -1.13. The lowest BCUT2D eigenvalue weighted by Crippen LogP contribution is -2.41. The molecule has 2 aromatic carbocycles. The predicted molar refractivity (Wildman–Crippen MR) is 99.9 cm³/mol. The zero-order valence-corrected chi connectivity index (χ0v) is 15.6. The zero-order valence-electron chi connectivity index (χ0n) is 14.8. The molecule has 1 fully saturated rings. The summed E-state index contributed by atoms with van der Waals surface area (Å²) in [4.78, 5) is 0.759. The fourth-order valence-electron chi connectivity index (χ4n) is 2.76. The Balaban J connectivity index is 2.02. The van der Waals surface area contributed by atoms with E-state index in [0.717, 1.165) is 21.5 Å². The third-order valence-electron chi connectivity index (χ3n) is 4.94. The number of rotatable bonds is 3. The van der Waals surface area contributed by atoms with Crippen molar-refractivity contribution in [3.63, 3.8) is 0 Å². The maximum Gasteiger partial charge on any atom is 0.496 e. The molecule has 0 saturated carbocycles. The van der Waals surface area contributed by atoms with Gasteiger partial charge in [-0.2, -0.15) is 0 Å². The Morgan fingerprint density at radius 2 is 1.46 bits per heavy atom. The Labute approximate surface area is 147 Å². The smallest absolute Gasteiger partial charge is 0.399 e. The van der Waals surface area contributed by atoms with E-state index < -0.39 is 29.1 Å². The summed E-state index contributed by atoms with van der Waals surface area (Å²) in [6.45, 7) is 8.09. The van der Waals surface area contributed by atoms with Gasteiger partial charge in [-0.1, -0.05) is 42.5 Å². The normalized spacial score (nSPS) is 20.1. The van der Waals surface area contributed by atoms with Crippen molar-refractivity contribution in [2.24, 2.45) is 0 Å². The van der Waals surface area contributed by atoms with Gasteiger partial charge in [-0.25, -0.2) is 0 Å². The van der Waals surface area contributed by atoms with Crippen LogP contribution < -0.4 is 5.46 Å². The lowest BCUT2D eigenvalue weighted by Gasteiger charge is -2.32. The van der Waals surface area contributed by atoms with Crippen molar-refractivity contribution in [3.8, 4) is 11.1 Å². The van der Waals surface area contributed by atoms with Crippen LogP contribution in [0.5, 0.6) is 0 Å². The number of hydrogen-bond acceptors (Lipinski definition) is 3. The molecule has 1 aliphatic heterocycles. The third-order valence-corrected chi connectivity index (χ3v) is 5.91. The molecule has 2 aromatic rings. The Bertz CT molecular complexity index is 755. The molecular weight excluding hydrogens is 319 g/mol. The van der Waals surface area contributed by atoms with E-state index >= 15 is 0 Å². The van der Waals surface area contributed by atoms with Gasteiger partial charge in [0, 0.05) is 22.0 Å². The zero-order chi connectivity index (χ0) is 17.5. The van der Waals surface area contributed by atoms with Crippen molar-refractivity contribution >= 4 is 23.4 Å². The summed E-state index contributed by atoms with van der Waals surface area (Å²) in [5.74, 6) is 0. The maximum absolute atomic E-state index is 12.3. The van der Waals surface area contributed by atoms with Crippen LogP contribution in [0.3, 0.4) is 0 Å². The molecule has 0 aromatic heterocycles. The van der Waals surface area contributed by atoms with Crippen molar-refractivity contribution in [2.75, 3.05) is 6.26 Å². The van der Waals surface area contributed by atoms with Crippen LogP contribution in [0.4, 0.5) is 0 Å². The van der Waals surface area contributed by atoms with E-state index in [-0.39, 0.29) is 0 Å². The largest absolute Gasteiger partial charge is 0.496 e. The Hall–Kier alpha value is -1.43. The first-order chi connectivity index (χ1) is 11.2. The van der Waals surface area contributed by atoms with Crippen LogP contribution in [0, 0.1) is 0 Å². The number of hydrogen-bond donors (Lipinski definition) is 0. The van der Waals surface area contributed by atoms with Gasteiger partial charge in [-0.05, 0) is 50.4 Å². The maximum atomic E-state index is 12.3. The van der Waals surface area contributed by atoms with E-state index in [4.69, 9.17) is 9.31 Å². The van der Waals surface area contributed by atoms with Crippen LogP contribution in [-0.2, 0) is 20.1 Å². The van der Waals surface area contributed by atoms with Crippen molar-refractivity contribution in [1.29, 1.82) is 0 Å². The second kappa shape index (κ2) is 6.14. The van der Waals surface area contributed by atoms with Crippen LogP contribution >= 0.6 is 0 Å². The molecular formula is C19H23BO3S. The molecule has 3 rings (SSSR count). The minimum Gasteiger partial charge on any atom is -0.399 e. The Kier molecular flexibility index (Phi) is 4.45. The van der Waals surface area contributed by atoms with E-state index in [1.807, 2.05) is 76.2 Å². The Morgan fingerprint density at radius 1 is 0.875 bits per heavy atom. The molecule has 1 aliphatic rings. The van der Waals surface area contributed by atoms with Gasteiger partial charge < -0.3 is 9.31 Å². The summed E-state index contributed by atoms with van der Waals surface area (Å²) in [5.41, 5.74) is 2.16. The summed E-state index contributed by atoms with van der Waals surface area (Å²) in [6, 6.07) is 16.1. The van der Waals surface area contributed by atoms with E-state index in [0.29, 0.717) is 0 Å². The first-order valence-electron chi connectivity index (χ1n) is 8.10. The molecule has 3 nitrogen and oxygen atoms in total. The molecule has 0 amide bonds. The highest BCUT2D eigenvalue weighted by Gasteiger charge is 2.52. The van der Waals surface area contributed by atoms with Gasteiger partial charge in [0.15, 0.2) is 0 Å². The van der Waals surface area contributed by atoms with Crippen molar-refractivity contribution in [1.82, 2.24) is 0 Å². The van der Waals surface area contributed by atoms with Crippen LogP contribution in [0.2, 0.25) is 0 Å². The van der Waals surface area contributed by atoms with E-state index in [1.165, 1.54) is 0 Å². The van der Waals surface area contributed by atoms with Gasteiger partial charge >= 0.3 is 7.12 Å². The summed E-state index contributed by atoms with van der Waals surface area (Å²) in [5, 5.41) is 0. The molecule has 0 spiro atoms. The average Bonchev–Trinajstić information content (AvgIpc) is 2.75. The molecule has 0 radical (unpaired) electrons. The van der Waals surface area contributed by atoms with E-state index in [2.05, 4.69) is 0 Å². The fraction of sp³-hybridized carbons (Fsp3) is 0.368. The minimum absolute atomic E-state index is 0.414. The molecule has 0 bridgehead atoms. The average molecular weight is 342 g/mol. The molecule has 0 N–H and O–H groups in total. The topological polar surface area (TPSA) is 35.5 Å². The van der Waals surface area contributed by atoms with Gasteiger partial charge in [0.2, 0.25) is 0 Å². The van der Waals surface area contributed by atoms with Crippen LogP contribution in [-0.4, -0.2) is 28.8 Å². The van der Waals surface area contributed by atoms with Crippen LogP contribution in [0.15, 0.2) is 53.4 Å². The van der Waals surface area contributed by atoms with Gasteiger partial charge in [-0.15, -0.1) is 0 Å². The monoisotopic (exact) mass is 342 g/mol. The van der Waals surface area contributed by atoms with Gasteiger partial charge in [0.1, 0.15) is 0 Å². The highest BCUT2D eigenvalue weighted by Crippen LogP contribution is 2.37. The van der Waals surface area contributed by atoms with Crippen LogP contribution in [0.1, 0.15) is 27.7 Å². The molecule has 126 valence electrons. The van der Waals surface area contributed by atoms with Crippen molar-refractivity contribution in [3.05, 3.63) is 48.5 Å². The lowest BCUT2D eigenvalue weighted by molar-refractivity contribution is 0.00578. The molecule has 1 atom stereocenters. The standard InChI is InChI=1S/C19H23BO3S/c1-18(2)19(3,4)23-20(22-18)16-12-11-15(13-17(16)24(5)21)14-9-7-6-8-10-14/h6-13H,1-5H3. The summed E-state index contributed by atoms with van der Waals surface area (Å²) in [7, 11) is -1.63. The SMILES string of the molecule is CS(=O)c1cc(-c2ccccc2)ccc1B1OC(C)(C)C(C)(C)O1. The molecule has 5 heteroatoms. The second-order valence-electron chi connectivity index (χ2n) is 7.16. The highest BCUT2D eigenvalue weighted by molar-refractivity contribution is 7.84. The summed E-state index contributed by atoms with van der Waals surface area (Å²) in [6.07, 6.45) is 1.69. The van der Waals surface area contributed by atoms with Gasteiger partial charge in [-0.3, -0.25) is 4.21 Å². The molecule has 1 heterocycles. The summed E-state index contributed by atoms with van der Waals surface area (Å²) < 4.78 is 24.6. The first-order valence-corrected chi connectivity index (χ1v) is 9.65. The first kappa shape index (κ1) is 17.4. The van der Waals surface area contributed by atoms with Gasteiger partial charge in [0.25, 0.3) is 0 Å². The quantitative estimate of drug-likeness (QED) is 0.802. The van der Waals surface area contributed by atoms with E-state index in [1.54, 1.807) is 6.26 Å². The summed E-state index contributed by atoms with van der Waals surface area (Å²) >= 11 is 0. The van der Waals surface area contributed by atoms with Gasteiger partial charge in [0.05, 0.1) is 11.2 Å². The second-order valence-corrected chi connectivity index (χ2v) is 8.51. The van der Waals surface area contributed by atoms with E-state index in [9.17, 15) is 4.21 Å². The highest BCUT2D eigenvalue weighted by atomic mass is 32.2.